The molecule has 1 amide bonds. The highest BCUT2D eigenvalue weighted by molar-refractivity contribution is 7.14. The first-order valence-electron chi connectivity index (χ1n) is 6.51. The van der Waals surface area contributed by atoms with Crippen LogP contribution in [0.15, 0.2) is 40.2 Å². The van der Waals surface area contributed by atoms with Crippen LogP contribution in [0.2, 0.25) is 0 Å². The van der Waals surface area contributed by atoms with E-state index in [1.54, 1.807) is 44.4 Å². The van der Waals surface area contributed by atoms with Crippen LogP contribution in [-0.2, 0) is 0 Å². The number of carbonyl (C=O) groups excluding carboxylic acids is 1. The van der Waals surface area contributed by atoms with Crippen LogP contribution in [0.4, 0.5) is 5.69 Å². The molecule has 1 N–H and O–H groups in total. The largest absolute Gasteiger partial charge is 0.497 e. The minimum absolute atomic E-state index is 0.227. The summed E-state index contributed by atoms with van der Waals surface area (Å²) in [5, 5.41) is 8.48. The minimum Gasteiger partial charge on any atom is -0.497 e. The summed E-state index contributed by atoms with van der Waals surface area (Å²) in [6, 6.07) is 8.76. The maximum atomic E-state index is 12.3. The van der Waals surface area contributed by atoms with Crippen molar-refractivity contribution in [2.24, 2.45) is 0 Å². The minimum atomic E-state index is -0.227. The second-order valence-electron chi connectivity index (χ2n) is 4.50. The number of nitrogens with one attached hydrogen (secondary N) is 1. The Hall–Kier alpha value is -2.67. The van der Waals surface area contributed by atoms with E-state index >= 15 is 0 Å². The van der Waals surface area contributed by atoms with Crippen LogP contribution < -0.4 is 10.1 Å². The molecule has 1 aromatic carbocycles. The standard InChI is InChI=1S/C15H13N3O3S/c1-9-16-15(21-18-9)13-12(6-7-22-13)17-14(19)10-4-3-5-11(8-10)20-2/h3-8H,1-2H3,(H,17,19). The molecular formula is C15H13N3O3S. The molecule has 0 aliphatic heterocycles. The van der Waals surface area contributed by atoms with Gasteiger partial charge in [-0.1, -0.05) is 11.2 Å². The first-order chi connectivity index (χ1) is 10.7. The van der Waals surface area contributed by atoms with Gasteiger partial charge in [-0.25, -0.2) is 0 Å². The zero-order chi connectivity index (χ0) is 15.5. The maximum Gasteiger partial charge on any atom is 0.270 e. The second kappa shape index (κ2) is 5.98. The molecule has 3 aromatic rings. The normalized spacial score (nSPS) is 10.5. The van der Waals surface area contributed by atoms with E-state index < -0.39 is 0 Å². The average Bonchev–Trinajstić information content (AvgIpc) is 3.16. The fourth-order valence-electron chi connectivity index (χ4n) is 1.92. The van der Waals surface area contributed by atoms with Crippen molar-refractivity contribution in [2.75, 3.05) is 12.4 Å². The molecule has 0 spiro atoms. The number of rotatable bonds is 4. The lowest BCUT2D eigenvalue weighted by molar-refractivity contribution is 0.102. The summed E-state index contributed by atoms with van der Waals surface area (Å²) in [7, 11) is 1.56. The number of carbonyl (C=O) groups is 1. The molecule has 22 heavy (non-hydrogen) atoms. The topological polar surface area (TPSA) is 77.2 Å². The molecule has 0 atom stereocenters. The highest BCUT2D eigenvalue weighted by Gasteiger charge is 2.16. The molecule has 2 aromatic heterocycles. The number of nitrogens with zero attached hydrogens (tertiary/aromatic N) is 2. The highest BCUT2D eigenvalue weighted by atomic mass is 32.1. The van der Waals surface area contributed by atoms with Gasteiger partial charge in [0.05, 0.1) is 12.8 Å². The monoisotopic (exact) mass is 315 g/mol. The summed E-state index contributed by atoms with van der Waals surface area (Å²) < 4.78 is 10.3. The Labute approximate surface area is 130 Å². The Morgan fingerprint density at radius 2 is 2.23 bits per heavy atom. The first-order valence-corrected chi connectivity index (χ1v) is 7.39. The summed E-state index contributed by atoms with van der Waals surface area (Å²) in [5.74, 6) is 1.35. The SMILES string of the molecule is COc1cccc(C(=O)Nc2ccsc2-c2nc(C)no2)c1. The molecule has 0 bridgehead atoms. The second-order valence-corrected chi connectivity index (χ2v) is 5.41. The van der Waals surface area contributed by atoms with E-state index in [0.29, 0.717) is 28.7 Å². The molecule has 0 radical (unpaired) electrons. The summed E-state index contributed by atoms with van der Waals surface area (Å²) in [5.41, 5.74) is 1.15. The number of anilines is 1. The van der Waals surface area contributed by atoms with Crippen LogP contribution >= 0.6 is 11.3 Å². The molecule has 3 rings (SSSR count). The van der Waals surface area contributed by atoms with Crippen LogP contribution in [0.1, 0.15) is 16.2 Å². The van der Waals surface area contributed by atoms with E-state index in [9.17, 15) is 4.79 Å². The van der Waals surface area contributed by atoms with Crippen LogP contribution in [0, 0.1) is 6.92 Å². The first kappa shape index (κ1) is 14.3. The van der Waals surface area contributed by atoms with Crippen LogP contribution in [0.25, 0.3) is 10.8 Å². The van der Waals surface area contributed by atoms with Gasteiger partial charge in [0.1, 0.15) is 10.6 Å². The molecule has 2 heterocycles. The molecule has 6 nitrogen and oxygen atoms in total. The number of hydrogen-bond acceptors (Lipinski definition) is 6. The van der Waals surface area contributed by atoms with Crippen molar-refractivity contribution >= 4 is 22.9 Å². The quantitative estimate of drug-likeness (QED) is 0.798. The third kappa shape index (κ3) is 2.84. The van der Waals surface area contributed by atoms with Gasteiger partial charge >= 0.3 is 0 Å². The molecule has 0 aliphatic rings. The van der Waals surface area contributed by atoms with Gasteiger partial charge in [-0.15, -0.1) is 11.3 Å². The lowest BCUT2D eigenvalue weighted by Crippen LogP contribution is -2.11. The molecule has 0 aliphatic carbocycles. The van der Waals surface area contributed by atoms with E-state index in [-0.39, 0.29) is 5.91 Å². The maximum absolute atomic E-state index is 12.3. The molecule has 0 saturated heterocycles. The predicted molar refractivity (Wildman–Crippen MR) is 83.3 cm³/mol. The Balaban J connectivity index is 1.84. The van der Waals surface area contributed by atoms with E-state index in [1.807, 2.05) is 5.38 Å². The van der Waals surface area contributed by atoms with Crippen LogP contribution in [-0.4, -0.2) is 23.2 Å². The van der Waals surface area contributed by atoms with E-state index in [1.165, 1.54) is 11.3 Å². The van der Waals surface area contributed by atoms with Gasteiger partial charge in [-0.2, -0.15) is 4.98 Å². The van der Waals surface area contributed by atoms with Gasteiger partial charge < -0.3 is 14.6 Å². The van der Waals surface area contributed by atoms with Crippen molar-refractivity contribution in [3.8, 4) is 16.5 Å². The summed E-state index contributed by atoms with van der Waals surface area (Å²) in [4.78, 5) is 17.3. The molecule has 7 heteroatoms. The van der Waals surface area contributed by atoms with E-state index in [4.69, 9.17) is 9.26 Å². The predicted octanol–water partition coefficient (Wildman–Crippen LogP) is 3.37. The number of methoxy groups -OCH3 is 1. The smallest absolute Gasteiger partial charge is 0.270 e. The van der Waals surface area contributed by atoms with E-state index in [2.05, 4.69) is 15.5 Å². The fourth-order valence-corrected chi connectivity index (χ4v) is 2.69. The molecular weight excluding hydrogens is 302 g/mol. The Morgan fingerprint density at radius 1 is 1.36 bits per heavy atom. The molecule has 112 valence electrons. The van der Waals surface area contributed by atoms with Crippen molar-refractivity contribution in [3.63, 3.8) is 0 Å². The Kier molecular flexibility index (Phi) is 3.88. The number of aryl methyl sites for hydroxylation is 1. The average molecular weight is 315 g/mol. The van der Waals surface area contributed by atoms with Crippen LogP contribution in [0.3, 0.4) is 0 Å². The lowest BCUT2D eigenvalue weighted by atomic mass is 10.2. The van der Waals surface area contributed by atoms with Crippen molar-refractivity contribution in [1.82, 2.24) is 10.1 Å². The lowest BCUT2D eigenvalue weighted by Gasteiger charge is -2.06. The van der Waals surface area contributed by atoms with Crippen molar-refractivity contribution < 1.29 is 14.1 Å². The van der Waals surface area contributed by atoms with Gasteiger partial charge in [0.2, 0.25) is 0 Å². The highest BCUT2D eigenvalue weighted by Crippen LogP contribution is 2.32. The number of aromatic nitrogens is 2. The van der Waals surface area contributed by atoms with Gasteiger partial charge in [-0.05, 0) is 36.6 Å². The van der Waals surface area contributed by atoms with E-state index in [0.717, 1.165) is 4.88 Å². The summed E-state index contributed by atoms with van der Waals surface area (Å²) in [6.07, 6.45) is 0. The number of thiophene rings is 1. The zero-order valence-corrected chi connectivity index (χ0v) is 12.8. The molecule has 0 fully saturated rings. The molecule has 0 saturated carbocycles. The van der Waals surface area contributed by atoms with Crippen molar-refractivity contribution in [1.29, 1.82) is 0 Å². The third-order valence-corrected chi connectivity index (χ3v) is 3.87. The summed E-state index contributed by atoms with van der Waals surface area (Å²) in [6.45, 7) is 1.75. The van der Waals surface area contributed by atoms with Crippen LogP contribution in [0.5, 0.6) is 5.75 Å². The van der Waals surface area contributed by atoms with Gasteiger partial charge in [0.25, 0.3) is 11.8 Å². The Bertz CT molecular complexity index is 810. The van der Waals surface area contributed by atoms with Crippen molar-refractivity contribution in [2.45, 2.75) is 6.92 Å². The zero-order valence-electron chi connectivity index (χ0n) is 12.0. The number of ether oxygens (including phenoxy) is 1. The Morgan fingerprint density at radius 3 is 2.95 bits per heavy atom. The fraction of sp³-hybridized carbons (Fsp3) is 0.133. The number of amides is 1. The van der Waals surface area contributed by atoms with Gasteiger partial charge in [0.15, 0.2) is 5.82 Å². The van der Waals surface area contributed by atoms with Gasteiger partial charge in [-0.3, -0.25) is 4.79 Å². The molecule has 0 unspecified atom stereocenters. The number of hydrogen-bond donors (Lipinski definition) is 1. The third-order valence-electron chi connectivity index (χ3n) is 2.97. The number of benzene rings is 1. The summed E-state index contributed by atoms with van der Waals surface area (Å²) >= 11 is 1.43. The van der Waals surface area contributed by atoms with Crippen molar-refractivity contribution in [3.05, 3.63) is 47.1 Å². The van der Waals surface area contributed by atoms with Gasteiger partial charge in [0, 0.05) is 5.56 Å².